The molecule has 0 amide bonds. The fraction of sp³-hybridized carbons (Fsp3) is 0.625. The van der Waals surface area contributed by atoms with Gasteiger partial charge in [-0.05, 0) is 56.9 Å². The molecule has 0 radical (unpaired) electrons. The zero-order valence-corrected chi connectivity index (χ0v) is 12.8. The minimum Gasteiger partial charge on any atom is -0.496 e. The van der Waals surface area contributed by atoms with E-state index in [2.05, 4.69) is 41.1 Å². The summed E-state index contributed by atoms with van der Waals surface area (Å²) < 4.78 is 6.06. The lowest BCUT2D eigenvalue weighted by Gasteiger charge is -2.51. The van der Waals surface area contributed by atoms with Gasteiger partial charge in [-0.1, -0.05) is 33.6 Å². The molecule has 3 saturated carbocycles. The van der Waals surface area contributed by atoms with Crippen molar-refractivity contribution < 1.29 is 4.74 Å². The molecule has 1 nitrogen and oxygen atoms in total. The van der Waals surface area contributed by atoms with Crippen LogP contribution in [-0.2, 0) is 5.41 Å². The number of hydrogen-bond acceptors (Lipinski definition) is 1. The van der Waals surface area contributed by atoms with Crippen molar-refractivity contribution in [3.8, 4) is 5.75 Å². The standard InChI is InChI=1S/C16H21BrO/c1-12-3-4-14(18-2)13(11-12)15-5-8-16(17,9-6-15)10-7-15/h3-4,11H,5-10H2,1-2H3. The number of fused-ring (bicyclic) bond motifs is 3. The lowest BCUT2D eigenvalue weighted by molar-refractivity contribution is 0.159. The molecule has 1 aromatic carbocycles. The van der Waals surface area contributed by atoms with Crippen molar-refractivity contribution in [3.63, 3.8) is 0 Å². The van der Waals surface area contributed by atoms with Gasteiger partial charge in [-0.15, -0.1) is 0 Å². The first-order chi connectivity index (χ1) is 8.57. The Morgan fingerprint density at radius 1 is 1.06 bits per heavy atom. The van der Waals surface area contributed by atoms with Gasteiger partial charge in [0.2, 0.25) is 0 Å². The van der Waals surface area contributed by atoms with Gasteiger partial charge in [0.25, 0.3) is 0 Å². The normalized spacial score (nSPS) is 34.6. The smallest absolute Gasteiger partial charge is 0.122 e. The molecule has 4 rings (SSSR count). The van der Waals surface area contributed by atoms with E-state index in [9.17, 15) is 0 Å². The molecule has 3 aliphatic carbocycles. The van der Waals surface area contributed by atoms with Crippen molar-refractivity contribution in [1.82, 2.24) is 0 Å². The lowest BCUT2D eigenvalue weighted by atomic mass is 9.57. The molecule has 0 spiro atoms. The molecule has 0 N–H and O–H groups in total. The Bertz CT molecular complexity index is 442. The maximum absolute atomic E-state index is 5.61. The highest BCUT2D eigenvalue weighted by atomic mass is 79.9. The SMILES string of the molecule is COc1ccc(C)cc1C12CCC(Br)(CC1)CC2. The van der Waals surface area contributed by atoms with Crippen molar-refractivity contribution in [2.75, 3.05) is 7.11 Å². The quantitative estimate of drug-likeness (QED) is 0.717. The summed E-state index contributed by atoms with van der Waals surface area (Å²) in [7, 11) is 1.80. The van der Waals surface area contributed by atoms with Crippen molar-refractivity contribution in [1.29, 1.82) is 0 Å². The van der Waals surface area contributed by atoms with Gasteiger partial charge in [0.05, 0.1) is 7.11 Å². The molecule has 0 aliphatic heterocycles. The van der Waals surface area contributed by atoms with Crippen molar-refractivity contribution in [2.45, 2.75) is 55.2 Å². The predicted octanol–water partition coefficient (Wildman–Crippen LogP) is 4.74. The van der Waals surface area contributed by atoms with Crippen LogP contribution >= 0.6 is 15.9 Å². The summed E-state index contributed by atoms with van der Waals surface area (Å²) in [5.41, 5.74) is 3.19. The number of halogens is 1. The van der Waals surface area contributed by atoms with Crippen LogP contribution in [0.3, 0.4) is 0 Å². The Hall–Kier alpha value is -0.500. The first-order valence-electron chi connectivity index (χ1n) is 6.91. The van der Waals surface area contributed by atoms with Crippen LogP contribution in [0, 0.1) is 6.92 Å². The van der Waals surface area contributed by atoms with E-state index in [1.807, 2.05) is 0 Å². The van der Waals surface area contributed by atoms with Crippen LogP contribution in [0.2, 0.25) is 0 Å². The number of ether oxygens (including phenoxy) is 1. The topological polar surface area (TPSA) is 9.23 Å². The fourth-order valence-electron chi connectivity index (χ4n) is 3.78. The fourth-order valence-corrected chi connectivity index (χ4v) is 4.37. The molecule has 98 valence electrons. The van der Waals surface area contributed by atoms with Crippen molar-refractivity contribution in [3.05, 3.63) is 29.3 Å². The Balaban J connectivity index is 2.02. The minimum atomic E-state index is 0.382. The zero-order chi connectivity index (χ0) is 12.8. The first kappa shape index (κ1) is 12.5. The highest BCUT2D eigenvalue weighted by Crippen LogP contribution is 2.58. The lowest BCUT2D eigenvalue weighted by Crippen LogP contribution is -2.45. The summed E-state index contributed by atoms with van der Waals surface area (Å²) in [5, 5.41) is 0. The summed E-state index contributed by atoms with van der Waals surface area (Å²) in [5.74, 6) is 1.09. The van der Waals surface area contributed by atoms with Gasteiger partial charge in [-0.3, -0.25) is 0 Å². The van der Waals surface area contributed by atoms with E-state index in [-0.39, 0.29) is 0 Å². The van der Waals surface area contributed by atoms with E-state index in [0.717, 1.165) is 5.75 Å². The third-order valence-electron chi connectivity index (χ3n) is 5.08. The van der Waals surface area contributed by atoms with Crippen molar-refractivity contribution >= 4 is 15.9 Å². The maximum Gasteiger partial charge on any atom is 0.122 e. The molecule has 0 heterocycles. The molecule has 2 heteroatoms. The number of aryl methyl sites for hydroxylation is 1. The monoisotopic (exact) mass is 308 g/mol. The highest BCUT2D eigenvalue weighted by Gasteiger charge is 2.49. The van der Waals surface area contributed by atoms with Gasteiger partial charge in [0.15, 0.2) is 0 Å². The molecule has 0 atom stereocenters. The summed E-state index contributed by atoms with van der Waals surface area (Å²) >= 11 is 3.95. The molecule has 0 unspecified atom stereocenters. The third-order valence-corrected chi connectivity index (χ3v) is 6.27. The van der Waals surface area contributed by atoms with Crippen LogP contribution < -0.4 is 4.74 Å². The molecular formula is C16H21BrO. The number of alkyl halides is 1. The number of benzene rings is 1. The molecule has 3 aliphatic rings. The van der Waals surface area contributed by atoms with Crippen LogP contribution in [0.4, 0.5) is 0 Å². The van der Waals surface area contributed by atoms with E-state index in [4.69, 9.17) is 4.74 Å². The van der Waals surface area contributed by atoms with Gasteiger partial charge in [-0.25, -0.2) is 0 Å². The van der Waals surface area contributed by atoms with Crippen LogP contribution in [0.1, 0.15) is 49.7 Å². The molecule has 1 aromatic rings. The average Bonchev–Trinajstić information content (AvgIpc) is 2.40. The molecule has 18 heavy (non-hydrogen) atoms. The molecule has 0 aromatic heterocycles. The van der Waals surface area contributed by atoms with Gasteiger partial charge in [0.1, 0.15) is 5.75 Å². The summed E-state index contributed by atoms with van der Waals surface area (Å²) in [6.45, 7) is 2.18. The van der Waals surface area contributed by atoms with E-state index in [1.165, 1.54) is 49.7 Å². The Labute approximate surface area is 118 Å². The summed E-state index contributed by atoms with van der Waals surface area (Å²) in [6.07, 6.45) is 7.84. The Morgan fingerprint density at radius 2 is 1.67 bits per heavy atom. The molecular weight excluding hydrogens is 288 g/mol. The van der Waals surface area contributed by atoms with E-state index < -0.39 is 0 Å². The van der Waals surface area contributed by atoms with Gasteiger partial charge < -0.3 is 4.74 Å². The predicted molar refractivity (Wildman–Crippen MR) is 78.8 cm³/mol. The van der Waals surface area contributed by atoms with Crippen LogP contribution in [0.15, 0.2) is 18.2 Å². The van der Waals surface area contributed by atoms with Crippen molar-refractivity contribution in [2.24, 2.45) is 0 Å². The first-order valence-corrected chi connectivity index (χ1v) is 7.70. The van der Waals surface area contributed by atoms with E-state index >= 15 is 0 Å². The number of methoxy groups -OCH3 is 1. The second-order valence-corrected chi connectivity index (χ2v) is 7.82. The van der Waals surface area contributed by atoms with Crippen LogP contribution in [0.5, 0.6) is 5.75 Å². The summed E-state index contributed by atoms with van der Waals surface area (Å²) in [4.78, 5) is 0. The second kappa shape index (κ2) is 4.26. The average molecular weight is 309 g/mol. The number of rotatable bonds is 2. The Kier molecular flexibility index (Phi) is 2.97. The van der Waals surface area contributed by atoms with Gasteiger partial charge >= 0.3 is 0 Å². The van der Waals surface area contributed by atoms with Crippen LogP contribution in [0.25, 0.3) is 0 Å². The minimum absolute atomic E-state index is 0.382. The summed E-state index contributed by atoms with van der Waals surface area (Å²) in [6, 6.07) is 6.65. The largest absolute Gasteiger partial charge is 0.496 e. The molecule has 0 saturated heterocycles. The Morgan fingerprint density at radius 3 is 2.22 bits per heavy atom. The third kappa shape index (κ3) is 1.89. The maximum atomic E-state index is 5.61. The van der Waals surface area contributed by atoms with Crippen LogP contribution in [-0.4, -0.2) is 11.4 Å². The van der Waals surface area contributed by atoms with E-state index in [1.54, 1.807) is 7.11 Å². The number of hydrogen-bond donors (Lipinski definition) is 0. The highest BCUT2D eigenvalue weighted by molar-refractivity contribution is 9.10. The zero-order valence-electron chi connectivity index (χ0n) is 11.3. The van der Waals surface area contributed by atoms with E-state index in [0.29, 0.717) is 9.74 Å². The molecule has 3 fully saturated rings. The second-order valence-electron chi connectivity index (χ2n) is 6.13. The van der Waals surface area contributed by atoms with Gasteiger partial charge in [0, 0.05) is 9.89 Å². The van der Waals surface area contributed by atoms with Gasteiger partial charge in [-0.2, -0.15) is 0 Å². The molecule has 2 bridgehead atoms.